The van der Waals surface area contributed by atoms with E-state index in [1.807, 2.05) is 13.8 Å². The molecular formula is C15H19NO2S. The first-order valence-corrected chi connectivity index (χ1v) is 7.09. The number of ether oxygens (including phenoxy) is 1. The quantitative estimate of drug-likeness (QED) is 0.930. The monoisotopic (exact) mass is 277 g/mol. The molecule has 3 nitrogen and oxygen atoms in total. The van der Waals surface area contributed by atoms with Crippen LogP contribution in [0.2, 0.25) is 0 Å². The number of benzene rings is 1. The molecule has 102 valence electrons. The van der Waals surface area contributed by atoms with Crippen molar-refractivity contribution >= 4 is 11.3 Å². The molecule has 0 unspecified atom stereocenters. The molecule has 0 radical (unpaired) electrons. The van der Waals surface area contributed by atoms with Gasteiger partial charge in [0.2, 0.25) is 0 Å². The van der Waals surface area contributed by atoms with Gasteiger partial charge in [0.15, 0.2) is 0 Å². The predicted octanol–water partition coefficient (Wildman–Crippen LogP) is 3.45. The lowest BCUT2D eigenvalue weighted by molar-refractivity contribution is 0.284. The molecule has 1 heterocycles. The fourth-order valence-corrected chi connectivity index (χ4v) is 2.77. The van der Waals surface area contributed by atoms with Crippen LogP contribution in [0.15, 0.2) is 12.1 Å². The van der Waals surface area contributed by atoms with Gasteiger partial charge in [0, 0.05) is 0 Å². The second-order valence-corrected chi connectivity index (χ2v) is 5.93. The summed E-state index contributed by atoms with van der Waals surface area (Å²) in [5.74, 6) is 0.904. The summed E-state index contributed by atoms with van der Waals surface area (Å²) in [5.41, 5.74) is 4.53. The zero-order valence-corrected chi connectivity index (χ0v) is 12.6. The molecule has 1 aromatic heterocycles. The van der Waals surface area contributed by atoms with Crippen molar-refractivity contribution in [3.63, 3.8) is 0 Å². The second kappa shape index (κ2) is 5.72. The van der Waals surface area contributed by atoms with Crippen LogP contribution in [-0.4, -0.2) is 10.1 Å². The number of hydrogen-bond donors (Lipinski definition) is 1. The van der Waals surface area contributed by atoms with E-state index >= 15 is 0 Å². The van der Waals surface area contributed by atoms with Crippen molar-refractivity contribution in [2.45, 2.75) is 40.9 Å². The first kappa shape index (κ1) is 14.0. The first-order chi connectivity index (χ1) is 9.01. The highest BCUT2D eigenvalue weighted by molar-refractivity contribution is 7.11. The Morgan fingerprint density at radius 3 is 2.42 bits per heavy atom. The summed E-state index contributed by atoms with van der Waals surface area (Å²) < 4.78 is 5.84. The molecule has 2 rings (SSSR count). The maximum absolute atomic E-state index is 9.16. The molecular weight excluding hydrogens is 258 g/mol. The Hall–Kier alpha value is -1.39. The van der Waals surface area contributed by atoms with Gasteiger partial charge in [0.25, 0.3) is 0 Å². The number of aryl methyl sites for hydroxylation is 4. The van der Waals surface area contributed by atoms with Crippen LogP contribution >= 0.6 is 11.3 Å². The smallest absolute Gasteiger partial charge is 0.140 e. The molecule has 0 fully saturated rings. The summed E-state index contributed by atoms with van der Waals surface area (Å²) in [4.78, 5) is 5.31. The van der Waals surface area contributed by atoms with Crippen molar-refractivity contribution in [3.05, 3.63) is 44.4 Å². The van der Waals surface area contributed by atoms with Gasteiger partial charge in [0.05, 0.1) is 17.2 Å². The van der Waals surface area contributed by atoms with Crippen LogP contribution in [0, 0.1) is 27.7 Å². The van der Waals surface area contributed by atoms with Crippen LogP contribution in [0.25, 0.3) is 0 Å². The summed E-state index contributed by atoms with van der Waals surface area (Å²) in [5, 5.41) is 10.1. The summed E-state index contributed by atoms with van der Waals surface area (Å²) in [6.07, 6.45) is 0. The molecule has 1 N–H and O–H groups in total. The normalized spacial score (nSPS) is 10.8. The van der Waals surface area contributed by atoms with E-state index in [4.69, 9.17) is 9.84 Å². The van der Waals surface area contributed by atoms with Crippen LogP contribution in [0.3, 0.4) is 0 Å². The Labute approximate surface area is 117 Å². The van der Waals surface area contributed by atoms with Crippen molar-refractivity contribution in [2.75, 3.05) is 0 Å². The molecule has 1 aromatic carbocycles. The van der Waals surface area contributed by atoms with Gasteiger partial charge < -0.3 is 9.84 Å². The molecule has 0 amide bonds. The van der Waals surface area contributed by atoms with Gasteiger partial charge in [0.1, 0.15) is 17.4 Å². The van der Waals surface area contributed by atoms with Gasteiger partial charge in [-0.05, 0) is 50.5 Å². The average Bonchev–Trinajstić information content (AvgIpc) is 2.73. The van der Waals surface area contributed by atoms with E-state index in [0.29, 0.717) is 6.61 Å². The highest BCUT2D eigenvalue weighted by atomic mass is 32.1. The SMILES string of the molecule is Cc1cc(C)c(OCc2nc(C)c(CO)s2)cc1C. The van der Waals surface area contributed by atoms with E-state index in [-0.39, 0.29) is 6.61 Å². The van der Waals surface area contributed by atoms with E-state index in [2.05, 4.69) is 31.0 Å². The zero-order valence-electron chi connectivity index (χ0n) is 11.8. The zero-order chi connectivity index (χ0) is 14.0. The summed E-state index contributed by atoms with van der Waals surface area (Å²) in [6.45, 7) is 8.64. The Balaban J connectivity index is 2.12. The third-order valence-corrected chi connectivity index (χ3v) is 4.34. The first-order valence-electron chi connectivity index (χ1n) is 6.28. The lowest BCUT2D eigenvalue weighted by Gasteiger charge is -2.10. The van der Waals surface area contributed by atoms with Crippen LogP contribution in [-0.2, 0) is 13.2 Å². The van der Waals surface area contributed by atoms with Crippen LogP contribution in [0.4, 0.5) is 0 Å². The molecule has 0 aliphatic heterocycles. The van der Waals surface area contributed by atoms with E-state index in [1.165, 1.54) is 22.5 Å². The lowest BCUT2D eigenvalue weighted by atomic mass is 10.1. The topological polar surface area (TPSA) is 42.4 Å². The van der Waals surface area contributed by atoms with Gasteiger partial charge in [-0.15, -0.1) is 11.3 Å². The third kappa shape index (κ3) is 3.14. The van der Waals surface area contributed by atoms with Crippen LogP contribution < -0.4 is 4.74 Å². The highest BCUT2D eigenvalue weighted by Crippen LogP contribution is 2.25. The molecule has 0 spiro atoms. The maximum atomic E-state index is 9.16. The highest BCUT2D eigenvalue weighted by Gasteiger charge is 2.08. The number of aliphatic hydroxyl groups excluding tert-OH is 1. The summed E-state index contributed by atoms with van der Waals surface area (Å²) in [6, 6.07) is 4.20. The van der Waals surface area contributed by atoms with Crippen molar-refractivity contribution in [1.29, 1.82) is 0 Å². The van der Waals surface area contributed by atoms with E-state index in [0.717, 1.165) is 26.9 Å². The molecule has 0 saturated carbocycles. The molecule has 2 aromatic rings. The third-order valence-electron chi connectivity index (χ3n) is 3.22. The van der Waals surface area contributed by atoms with E-state index in [1.54, 1.807) is 0 Å². The number of aromatic nitrogens is 1. The lowest BCUT2D eigenvalue weighted by Crippen LogP contribution is -1.98. The van der Waals surface area contributed by atoms with Gasteiger partial charge in [-0.1, -0.05) is 6.07 Å². The van der Waals surface area contributed by atoms with Crippen molar-refractivity contribution in [1.82, 2.24) is 4.98 Å². The van der Waals surface area contributed by atoms with Crippen LogP contribution in [0.5, 0.6) is 5.75 Å². The number of aliphatic hydroxyl groups is 1. The standard InChI is InChI=1S/C15H19NO2S/c1-9-5-11(3)13(6-10(9)2)18-8-15-16-12(4)14(7-17)19-15/h5-6,17H,7-8H2,1-4H3. The molecule has 0 aliphatic rings. The largest absolute Gasteiger partial charge is 0.486 e. The fourth-order valence-electron chi connectivity index (χ4n) is 1.93. The minimum atomic E-state index is 0.0478. The minimum absolute atomic E-state index is 0.0478. The number of thiazole rings is 1. The number of nitrogens with zero attached hydrogens (tertiary/aromatic N) is 1. The second-order valence-electron chi connectivity index (χ2n) is 4.76. The Morgan fingerprint density at radius 1 is 1.11 bits per heavy atom. The van der Waals surface area contributed by atoms with E-state index < -0.39 is 0 Å². The van der Waals surface area contributed by atoms with Gasteiger partial charge in [-0.25, -0.2) is 4.98 Å². The molecule has 4 heteroatoms. The molecule has 19 heavy (non-hydrogen) atoms. The summed E-state index contributed by atoms with van der Waals surface area (Å²) in [7, 11) is 0. The van der Waals surface area contributed by atoms with Gasteiger partial charge >= 0.3 is 0 Å². The minimum Gasteiger partial charge on any atom is -0.486 e. The van der Waals surface area contributed by atoms with Crippen molar-refractivity contribution in [2.24, 2.45) is 0 Å². The Bertz CT molecular complexity index is 590. The molecule has 0 aliphatic carbocycles. The molecule has 0 saturated heterocycles. The van der Waals surface area contributed by atoms with Crippen molar-refractivity contribution in [3.8, 4) is 5.75 Å². The van der Waals surface area contributed by atoms with Gasteiger partial charge in [-0.3, -0.25) is 0 Å². The fraction of sp³-hybridized carbons (Fsp3) is 0.400. The Morgan fingerprint density at radius 2 is 1.79 bits per heavy atom. The number of hydrogen-bond acceptors (Lipinski definition) is 4. The number of rotatable bonds is 4. The predicted molar refractivity (Wildman–Crippen MR) is 77.8 cm³/mol. The molecule has 0 atom stereocenters. The molecule has 0 bridgehead atoms. The maximum Gasteiger partial charge on any atom is 0.140 e. The van der Waals surface area contributed by atoms with E-state index in [9.17, 15) is 0 Å². The van der Waals surface area contributed by atoms with Gasteiger partial charge in [-0.2, -0.15) is 0 Å². The Kier molecular flexibility index (Phi) is 4.22. The van der Waals surface area contributed by atoms with Crippen molar-refractivity contribution < 1.29 is 9.84 Å². The average molecular weight is 277 g/mol. The van der Waals surface area contributed by atoms with Crippen LogP contribution in [0.1, 0.15) is 32.3 Å². The summed E-state index contributed by atoms with van der Waals surface area (Å²) >= 11 is 1.51.